The van der Waals surface area contributed by atoms with Crippen molar-refractivity contribution >= 4 is 40.7 Å². The van der Waals surface area contributed by atoms with Gasteiger partial charge in [-0.15, -0.1) is 0 Å². The van der Waals surface area contributed by atoms with Gasteiger partial charge in [-0.25, -0.2) is 0 Å². The lowest BCUT2D eigenvalue weighted by atomic mass is 9.91. The summed E-state index contributed by atoms with van der Waals surface area (Å²) in [6.07, 6.45) is 4.00. The van der Waals surface area contributed by atoms with Crippen molar-refractivity contribution in [2.45, 2.75) is 38.2 Å². The summed E-state index contributed by atoms with van der Waals surface area (Å²) in [7, 11) is 1.58. The molecule has 8 heteroatoms. The number of aliphatic hydroxyl groups is 1. The largest absolute Gasteiger partial charge is 0.385 e. The molecule has 1 aliphatic heterocycles. The van der Waals surface area contributed by atoms with Crippen LogP contribution in [0.2, 0.25) is 10.0 Å². The van der Waals surface area contributed by atoms with Gasteiger partial charge in [-0.1, -0.05) is 48.2 Å². The molecule has 0 saturated carbocycles. The molecule has 3 N–H and O–H groups in total. The second-order valence-corrected chi connectivity index (χ2v) is 9.27. The third-order valence-electron chi connectivity index (χ3n) is 6.13. The normalized spacial score (nSPS) is 15.2. The number of carbonyl (C=O) groups excluding carboxylic acids is 2. The summed E-state index contributed by atoms with van der Waals surface area (Å²) in [5, 5.41) is 17.3. The number of nitrogens with one attached hydrogen (secondary N) is 2. The van der Waals surface area contributed by atoms with E-state index in [2.05, 4.69) is 10.6 Å². The molecule has 178 valence electrons. The molecule has 0 aliphatic carbocycles. The summed E-state index contributed by atoms with van der Waals surface area (Å²) >= 11 is 12.2. The second-order valence-electron chi connectivity index (χ2n) is 8.42. The predicted molar refractivity (Wildman–Crippen MR) is 133 cm³/mol. The van der Waals surface area contributed by atoms with Gasteiger partial charge in [-0.3, -0.25) is 9.59 Å². The van der Waals surface area contributed by atoms with Crippen LogP contribution in [-0.4, -0.2) is 48.5 Å². The number of likely N-dealkylation sites (tertiary alicyclic amines) is 1. The van der Waals surface area contributed by atoms with Gasteiger partial charge in [0.15, 0.2) is 6.10 Å². The van der Waals surface area contributed by atoms with Crippen LogP contribution in [0.3, 0.4) is 0 Å². The van der Waals surface area contributed by atoms with Crippen molar-refractivity contribution in [2.75, 3.05) is 32.0 Å². The van der Waals surface area contributed by atoms with Crippen molar-refractivity contribution in [3.8, 4) is 0 Å². The van der Waals surface area contributed by atoms with Gasteiger partial charge in [0.25, 0.3) is 11.8 Å². The SMILES string of the molecule is CNC(=O)c1ccc(NCCCCC2CCN(C(=O)C(O)c3cccc(Cl)c3)CC2)cc1Cl. The van der Waals surface area contributed by atoms with Crippen molar-refractivity contribution in [2.24, 2.45) is 5.92 Å². The Morgan fingerprint density at radius 1 is 1.12 bits per heavy atom. The van der Waals surface area contributed by atoms with Crippen molar-refractivity contribution in [1.29, 1.82) is 0 Å². The molecular weight excluding hydrogens is 461 g/mol. The fraction of sp³-hybridized carbons (Fsp3) is 0.440. The molecule has 2 aromatic carbocycles. The van der Waals surface area contributed by atoms with Crippen LogP contribution in [0, 0.1) is 5.92 Å². The van der Waals surface area contributed by atoms with Crippen LogP contribution in [0.25, 0.3) is 0 Å². The van der Waals surface area contributed by atoms with Crippen LogP contribution in [0.1, 0.15) is 54.1 Å². The standard InChI is InChI=1S/C25H31Cl2N3O3/c1-28-24(32)21-9-8-20(16-22(21)27)29-12-3-2-5-17-10-13-30(14-11-17)25(33)23(31)18-6-4-7-19(26)15-18/h4,6-9,15-17,23,29,31H,2-3,5,10-14H2,1H3,(H,28,32). The Kier molecular flexibility index (Phi) is 9.41. The topological polar surface area (TPSA) is 81.7 Å². The molecule has 3 rings (SSSR count). The Labute approximate surface area is 205 Å². The number of nitrogens with zero attached hydrogens (tertiary/aromatic N) is 1. The number of carbonyl (C=O) groups is 2. The number of hydrogen-bond donors (Lipinski definition) is 3. The number of benzene rings is 2. The molecule has 2 aromatic rings. The van der Waals surface area contributed by atoms with E-state index < -0.39 is 6.10 Å². The highest BCUT2D eigenvalue weighted by atomic mass is 35.5. The Morgan fingerprint density at radius 3 is 2.55 bits per heavy atom. The summed E-state index contributed by atoms with van der Waals surface area (Å²) in [6, 6.07) is 12.2. The van der Waals surface area contributed by atoms with Gasteiger partial charge in [0.1, 0.15) is 0 Å². The van der Waals surface area contributed by atoms with E-state index in [4.69, 9.17) is 23.2 Å². The number of hydrogen-bond acceptors (Lipinski definition) is 4. The van der Waals surface area contributed by atoms with E-state index in [9.17, 15) is 14.7 Å². The number of halogens is 2. The molecule has 0 spiro atoms. The number of anilines is 1. The van der Waals surface area contributed by atoms with Crippen LogP contribution in [0.5, 0.6) is 0 Å². The van der Waals surface area contributed by atoms with Gasteiger partial charge in [0, 0.05) is 37.4 Å². The van der Waals surface area contributed by atoms with Gasteiger partial charge >= 0.3 is 0 Å². The monoisotopic (exact) mass is 491 g/mol. The summed E-state index contributed by atoms with van der Waals surface area (Å²) in [6.45, 7) is 2.18. The average molecular weight is 492 g/mol. The van der Waals surface area contributed by atoms with Crippen molar-refractivity contribution in [1.82, 2.24) is 10.2 Å². The number of amides is 2. The zero-order valence-electron chi connectivity index (χ0n) is 18.8. The molecule has 1 unspecified atom stereocenters. The summed E-state index contributed by atoms with van der Waals surface area (Å²) in [5.74, 6) is 0.151. The van der Waals surface area contributed by atoms with E-state index in [0.29, 0.717) is 40.2 Å². The molecular formula is C25H31Cl2N3O3. The summed E-state index contributed by atoms with van der Waals surface area (Å²) in [4.78, 5) is 26.1. The molecule has 33 heavy (non-hydrogen) atoms. The van der Waals surface area contributed by atoms with Crippen molar-refractivity contribution in [3.05, 3.63) is 63.6 Å². The third kappa shape index (κ3) is 7.10. The van der Waals surface area contributed by atoms with Gasteiger partial charge in [-0.2, -0.15) is 0 Å². The highest BCUT2D eigenvalue weighted by molar-refractivity contribution is 6.34. The molecule has 1 heterocycles. The van der Waals surface area contributed by atoms with Crippen LogP contribution in [0.4, 0.5) is 5.69 Å². The minimum absolute atomic E-state index is 0.196. The van der Waals surface area contributed by atoms with Gasteiger partial charge in [0.2, 0.25) is 0 Å². The Bertz CT molecular complexity index is 962. The fourth-order valence-electron chi connectivity index (χ4n) is 4.17. The number of rotatable bonds is 9. The zero-order chi connectivity index (χ0) is 23.8. The van der Waals surface area contributed by atoms with Crippen LogP contribution >= 0.6 is 23.2 Å². The fourth-order valence-corrected chi connectivity index (χ4v) is 4.63. The first-order chi connectivity index (χ1) is 15.9. The first kappa shape index (κ1) is 25.3. The highest BCUT2D eigenvalue weighted by Gasteiger charge is 2.27. The molecule has 0 radical (unpaired) electrons. The lowest BCUT2D eigenvalue weighted by Crippen LogP contribution is -2.41. The number of unbranched alkanes of at least 4 members (excludes halogenated alkanes) is 1. The Morgan fingerprint density at radius 2 is 1.88 bits per heavy atom. The summed E-state index contributed by atoms with van der Waals surface area (Å²) < 4.78 is 0. The molecule has 1 fully saturated rings. The predicted octanol–water partition coefficient (Wildman–Crippen LogP) is 4.91. The van der Waals surface area contributed by atoms with Gasteiger partial charge in [-0.05, 0) is 61.1 Å². The van der Waals surface area contributed by atoms with Crippen LogP contribution in [0.15, 0.2) is 42.5 Å². The van der Waals surface area contributed by atoms with E-state index in [0.717, 1.165) is 44.3 Å². The van der Waals surface area contributed by atoms with E-state index in [1.807, 2.05) is 6.07 Å². The van der Waals surface area contributed by atoms with Crippen LogP contribution < -0.4 is 10.6 Å². The van der Waals surface area contributed by atoms with Gasteiger partial charge in [0.05, 0.1) is 10.6 Å². The first-order valence-electron chi connectivity index (χ1n) is 11.4. The molecule has 0 aromatic heterocycles. The molecule has 1 saturated heterocycles. The maximum Gasteiger partial charge on any atom is 0.256 e. The van der Waals surface area contributed by atoms with Crippen molar-refractivity contribution < 1.29 is 14.7 Å². The molecule has 1 aliphatic rings. The third-order valence-corrected chi connectivity index (χ3v) is 6.68. The highest BCUT2D eigenvalue weighted by Crippen LogP contribution is 2.26. The van der Waals surface area contributed by atoms with Gasteiger partial charge < -0.3 is 20.6 Å². The average Bonchev–Trinajstić information content (AvgIpc) is 2.83. The Balaban J connectivity index is 1.34. The maximum atomic E-state index is 12.6. The van der Waals surface area contributed by atoms with E-state index in [1.54, 1.807) is 48.3 Å². The molecule has 0 bridgehead atoms. The zero-order valence-corrected chi connectivity index (χ0v) is 20.3. The molecule has 1 atom stereocenters. The number of piperidine rings is 1. The minimum atomic E-state index is -1.16. The minimum Gasteiger partial charge on any atom is -0.385 e. The first-order valence-corrected chi connectivity index (χ1v) is 12.1. The molecule has 2 amide bonds. The van der Waals surface area contributed by atoms with E-state index >= 15 is 0 Å². The molecule has 6 nitrogen and oxygen atoms in total. The van der Waals surface area contributed by atoms with Crippen LogP contribution in [-0.2, 0) is 4.79 Å². The maximum absolute atomic E-state index is 12.6. The van der Waals surface area contributed by atoms with E-state index in [1.165, 1.54) is 0 Å². The Hall–Kier alpha value is -2.28. The second kappa shape index (κ2) is 12.3. The lowest BCUT2D eigenvalue weighted by Gasteiger charge is -2.33. The quantitative estimate of drug-likeness (QED) is 0.435. The van der Waals surface area contributed by atoms with E-state index in [-0.39, 0.29) is 11.8 Å². The van der Waals surface area contributed by atoms with Crippen molar-refractivity contribution in [3.63, 3.8) is 0 Å². The number of aliphatic hydroxyl groups excluding tert-OH is 1. The lowest BCUT2D eigenvalue weighted by molar-refractivity contribution is -0.142. The smallest absolute Gasteiger partial charge is 0.256 e. The summed E-state index contributed by atoms with van der Waals surface area (Å²) in [5.41, 5.74) is 1.90.